The molecule has 0 aliphatic carbocycles. The molecule has 2 heterocycles. The number of likely N-dealkylation sites (tertiary alicyclic amines) is 1. The molecule has 1 aromatic heterocycles. The van der Waals surface area contributed by atoms with Crippen molar-refractivity contribution < 1.29 is 14.1 Å². The van der Waals surface area contributed by atoms with Gasteiger partial charge in [-0.2, -0.15) is 4.98 Å². The predicted octanol–water partition coefficient (Wildman–Crippen LogP) is 1.94. The van der Waals surface area contributed by atoms with E-state index in [0.29, 0.717) is 25.5 Å². The van der Waals surface area contributed by atoms with Crippen molar-refractivity contribution in [2.24, 2.45) is 0 Å². The summed E-state index contributed by atoms with van der Waals surface area (Å²) in [7, 11) is 1.61. The molecular weight excluding hydrogens is 258 g/mol. The number of hydrogen-bond acceptors (Lipinski definition) is 5. The molecule has 0 spiro atoms. The van der Waals surface area contributed by atoms with Gasteiger partial charge in [-0.15, -0.1) is 0 Å². The summed E-state index contributed by atoms with van der Waals surface area (Å²) in [6, 6.07) is 0. The molecule has 0 N–H and O–H groups in total. The number of rotatable bonds is 5. The molecule has 0 aromatic carbocycles. The number of ether oxygens (including phenoxy) is 1. The van der Waals surface area contributed by atoms with E-state index in [1.807, 2.05) is 18.7 Å². The van der Waals surface area contributed by atoms with E-state index in [2.05, 4.69) is 10.1 Å². The molecule has 6 nitrogen and oxygen atoms in total. The smallest absolute Gasteiger partial charge is 0.231 e. The molecular formula is C14H23N3O3. The molecule has 112 valence electrons. The number of piperidine rings is 1. The number of amides is 1. The molecule has 0 bridgehead atoms. The zero-order valence-electron chi connectivity index (χ0n) is 12.5. The van der Waals surface area contributed by atoms with Crippen LogP contribution in [-0.4, -0.2) is 47.8 Å². The fraction of sp³-hybridized carbons (Fsp3) is 0.786. The first-order chi connectivity index (χ1) is 9.61. The van der Waals surface area contributed by atoms with E-state index in [9.17, 15) is 4.79 Å². The van der Waals surface area contributed by atoms with Crippen molar-refractivity contribution in [3.05, 3.63) is 11.7 Å². The Morgan fingerprint density at radius 2 is 2.35 bits per heavy atom. The number of aromatic nitrogens is 2. The third-order valence-electron chi connectivity index (χ3n) is 3.62. The van der Waals surface area contributed by atoms with Crippen molar-refractivity contribution in [1.82, 2.24) is 15.0 Å². The average molecular weight is 281 g/mol. The lowest BCUT2D eigenvalue weighted by molar-refractivity contribution is -0.133. The highest BCUT2D eigenvalue weighted by molar-refractivity contribution is 5.76. The summed E-state index contributed by atoms with van der Waals surface area (Å²) >= 11 is 0. The van der Waals surface area contributed by atoms with Crippen LogP contribution in [0.4, 0.5) is 0 Å². The van der Waals surface area contributed by atoms with Crippen molar-refractivity contribution in [3.63, 3.8) is 0 Å². The second kappa shape index (κ2) is 6.83. The predicted molar refractivity (Wildman–Crippen MR) is 73.4 cm³/mol. The minimum Gasteiger partial charge on any atom is -0.384 e. The van der Waals surface area contributed by atoms with Crippen molar-refractivity contribution >= 4 is 5.91 Å². The van der Waals surface area contributed by atoms with Gasteiger partial charge < -0.3 is 14.2 Å². The first-order valence-corrected chi connectivity index (χ1v) is 7.22. The van der Waals surface area contributed by atoms with E-state index in [0.717, 1.165) is 25.2 Å². The van der Waals surface area contributed by atoms with Crippen molar-refractivity contribution in [1.29, 1.82) is 0 Å². The number of carbonyl (C=O) groups excluding carboxylic acids is 1. The van der Waals surface area contributed by atoms with Crippen LogP contribution in [0.2, 0.25) is 0 Å². The molecule has 1 aliphatic heterocycles. The van der Waals surface area contributed by atoms with Crippen LogP contribution in [0.1, 0.15) is 56.7 Å². The van der Waals surface area contributed by atoms with Crippen LogP contribution in [0.15, 0.2) is 4.52 Å². The third-order valence-corrected chi connectivity index (χ3v) is 3.62. The highest BCUT2D eigenvalue weighted by atomic mass is 16.5. The van der Waals surface area contributed by atoms with Gasteiger partial charge in [-0.05, 0) is 12.8 Å². The Morgan fingerprint density at radius 1 is 1.55 bits per heavy atom. The van der Waals surface area contributed by atoms with E-state index < -0.39 is 0 Å². The van der Waals surface area contributed by atoms with Crippen molar-refractivity contribution in [3.8, 4) is 0 Å². The van der Waals surface area contributed by atoms with E-state index in [4.69, 9.17) is 9.26 Å². The average Bonchev–Trinajstić information content (AvgIpc) is 2.95. The zero-order chi connectivity index (χ0) is 14.5. The fourth-order valence-corrected chi connectivity index (χ4v) is 2.40. The summed E-state index contributed by atoms with van der Waals surface area (Å²) in [6.07, 6.45) is 2.40. The largest absolute Gasteiger partial charge is 0.384 e. The van der Waals surface area contributed by atoms with E-state index in [1.165, 1.54) is 0 Å². The van der Waals surface area contributed by atoms with Gasteiger partial charge in [0.15, 0.2) is 5.82 Å². The van der Waals surface area contributed by atoms with Crippen LogP contribution in [0.5, 0.6) is 0 Å². The lowest BCUT2D eigenvalue weighted by Crippen LogP contribution is -2.39. The summed E-state index contributed by atoms with van der Waals surface area (Å²) < 4.78 is 10.3. The fourth-order valence-electron chi connectivity index (χ4n) is 2.40. The van der Waals surface area contributed by atoms with Gasteiger partial charge in [-0.1, -0.05) is 19.0 Å². The quantitative estimate of drug-likeness (QED) is 0.825. The molecule has 1 fully saturated rings. The number of methoxy groups -OCH3 is 1. The summed E-state index contributed by atoms with van der Waals surface area (Å²) in [5, 5.41) is 4.00. The third kappa shape index (κ3) is 3.56. The van der Waals surface area contributed by atoms with Gasteiger partial charge in [0.05, 0.1) is 18.9 Å². The molecule has 0 unspecified atom stereocenters. The van der Waals surface area contributed by atoms with Crippen LogP contribution < -0.4 is 0 Å². The summed E-state index contributed by atoms with van der Waals surface area (Å²) in [5.41, 5.74) is 0. The molecule has 1 saturated heterocycles. The Labute approximate surface area is 119 Å². The van der Waals surface area contributed by atoms with Crippen molar-refractivity contribution in [2.45, 2.75) is 44.9 Å². The maximum absolute atomic E-state index is 12.0. The van der Waals surface area contributed by atoms with E-state index in [-0.39, 0.29) is 17.7 Å². The van der Waals surface area contributed by atoms with Crippen molar-refractivity contribution in [2.75, 3.05) is 26.8 Å². The normalized spacial score (nSPS) is 19.6. The standard InChI is InChI=1S/C14H23N3O3/c1-10(2)13-15-14(20-16-13)11-5-4-7-17(9-11)12(18)6-8-19-3/h10-11H,4-9H2,1-3H3/t11-/m0/s1. The van der Waals surface area contributed by atoms with Gasteiger partial charge in [0.2, 0.25) is 11.8 Å². The number of nitrogens with zero attached hydrogens (tertiary/aromatic N) is 3. The maximum Gasteiger partial charge on any atom is 0.231 e. The van der Waals surface area contributed by atoms with Crippen LogP contribution >= 0.6 is 0 Å². The topological polar surface area (TPSA) is 68.5 Å². The van der Waals surface area contributed by atoms with E-state index >= 15 is 0 Å². The minimum atomic E-state index is 0.139. The minimum absolute atomic E-state index is 0.139. The Hall–Kier alpha value is -1.43. The van der Waals surface area contributed by atoms with E-state index in [1.54, 1.807) is 7.11 Å². The lowest BCUT2D eigenvalue weighted by atomic mass is 9.97. The zero-order valence-corrected chi connectivity index (χ0v) is 12.5. The second-order valence-electron chi connectivity index (χ2n) is 5.57. The lowest BCUT2D eigenvalue weighted by Gasteiger charge is -2.31. The molecule has 1 aromatic rings. The molecule has 6 heteroatoms. The molecule has 0 saturated carbocycles. The molecule has 2 rings (SSSR count). The van der Waals surface area contributed by atoms with Gasteiger partial charge in [-0.25, -0.2) is 0 Å². The van der Waals surface area contributed by atoms with Crippen LogP contribution in [0.3, 0.4) is 0 Å². The first kappa shape index (κ1) is 15.0. The summed E-state index contributed by atoms with van der Waals surface area (Å²) in [4.78, 5) is 18.4. The molecule has 1 atom stereocenters. The van der Waals surface area contributed by atoms with Gasteiger partial charge in [-0.3, -0.25) is 4.79 Å². The Bertz CT molecular complexity index is 445. The highest BCUT2D eigenvalue weighted by Crippen LogP contribution is 2.27. The number of hydrogen-bond donors (Lipinski definition) is 0. The van der Waals surface area contributed by atoms with Gasteiger partial charge >= 0.3 is 0 Å². The monoisotopic (exact) mass is 281 g/mol. The molecule has 0 radical (unpaired) electrons. The summed E-state index contributed by atoms with van der Waals surface area (Å²) in [6.45, 7) is 6.02. The molecule has 1 amide bonds. The van der Waals surface area contributed by atoms with Gasteiger partial charge in [0.25, 0.3) is 0 Å². The number of carbonyl (C=O) groups is 1. The van der Waals surface area contributed by atoms with Gasteiger partial charge in [0.1, 0.15) is 0 Å². The molecule has 20 heavy (non-hydrogen) atoms. The Kier molecular flexibility index (Phi) is 5.11. The highest BCUT2D eigenvalue weighted by Gasteiger charge is 2.28. The van der Waals surface area contributed by atoms with Crippen LogP contribution in [-0.2, 0) is 9.53 Å². The maximum atomic E-state index is 12.0. The van der Waals surface area contributed by atoms with Gasteiger partial charge in [0, 0.05) is 26.1 Å². The summed E-state index contributed by atoms with van der Waals surface area (Å²) in [5.74, 6) is 1.96. The second-order valence-corrected chi connectivity index (χ2v) is 5.57. The van der Waals surface area contributed by atoms with Crippen LogP contribution in [0.25, 0.3) is 0 Å². The Balaban J connectivity index is 1.97. The Morgan fingerprint density at radius 3 is 3.00 bits per heavy atom. The molecule has 1 aliphatic rings. The first-order valence-electron chi connectivity index (χ1n) is 7.22. The van der Waals surface area contributed by atoms with Crippen LogP contribution in [0, 0.1) is 0 Å². The SMILES string of the molecule is COCCC(=O)N1CCC[C@H](c2nc(C(C)C)no2)C1.